The smallest absolute Gasteiger partial charge is 0.257 e. The first-order valence-corrected chi connectivity index (χ1v) is 7.63. The molecule has 3 nitrogen and oxygen atoms in total. The minimum absolute atomic E-state index is 0.0336. The molecular formula is C16H22ClNO2. The van der Waals surface area contributed by atoms with Gasteiger partial charge in [-0.3, -0.25) is 4.79 Å². The average Bonchev–Trinajstić information content (AvgIpc) is 2.46. The first kappa shape index (κ1) is 15.2. The van der Waals surface area contributed by atoms with Crippen molar-refractivity contribution in [1.29, 1.82) is 0 Å². The molecule has 1 aromatic carbocycles. The molecule has 0 aliphatic carbocycles. The number of aryl methyl sites for hydroxylation is 1. The summed E-state index contributed by atoms with van der Waals surface area (Å²) in [6.07, 6.45) is 4.17. The molecular weight excluding hydrogens is 274 g/mol. The third kappa shape index (κ3) is 2.93. The fourth-order valence-electron chi connectivity index (χ4n) is 2.77. The van der Waals surface area contributed by atoms with Crippen LogP contribution >= 0.6 is 11.6 Å². The summed E-state index contributed by atoms with van der Waals surface area (Å²) >= 11 is 6.24. The molecule has 1 heterocycles. The maximum atomic E-state index is 12.8. The number of hydrogen-bond acceptors (Lipinski definition) is 2. The van der Waals surface area contributed by atoms with Crippen LogP contribution in [0.1, 0.15) is 49.0 Å². The zero-order chi connectivity index (χ0) is 14.7. The minimum Gasteiger partial charge on any atom is -0.494 e. The summed E-state index contributed by atoms with van der Waals surface area (Å²) in [7, 11) is 1.56. The van der Waals surface area contributed by atoms with E-state index < -0.39 is 0 Å². The Balaban J connectivity index is 2.39. The third-order valence-corrected chi connectivity index (χ3v) is 4.29. The number of amides is 1. The topological polar surface area (TPSA) is 29.5 Å². The zero-order valence-corrected chi connectivity index (χ0v) is 13.2. The molecule has 1 fully saturated rings. The molecule has 0 radical (unpaired) electrons. The number of halogens is 1. The van der Waals surface area contributed by atoms with Crippen molar-refractivity contribution in [3.63, 3.8) is 0 Å². The van der Waals surface area contributed by atoms with Crippen molar-refractivity contribution in [1.82, 2.24) is 4.90 Å². The summed E-state index contributed by atoms with van der Waals surface area (Å²) in [5.41, 5.74) is 1.65. The third-order valence-electron chi connectivity index (χ3n) is 4.01. The molecule has 1 aliphatic heterocycles. The number of likely N-dealkylation sites (tertiary alicyclic amines) is 1. The predicted molar refractivity (Wildman–Crippen MR) is 81.7 cm³/mol. The van der Waals surface area contributed by atoms with E-state index >= 15 is 0 Å². The number of rotatable bonds is 3. The second kappa shape index (κ2) is 6.49. The lowest BCUT2D eigenvalue weighted by molar-refractivity contribution is 0.0632. The van der Waals surface area contributed by atoms with Crippen LogP contribution in [0.3, 0.4) is 0 Å². The van der Waals surface area contributed by atoms with Gasteiger partial charge in [0.2, 0.25) is 0 Å². The maximum absolute atomic E-state index is 12.8. The van der Waals surface area contributed by atoms with Crippen molar-refractivity contribution in [2.45, 2.75) is 45.6 Å². The van der Waals surface area contributed by atoms with Crippen LogP contribution in [0.25, 0.3) is 0 Å². The van der Waals surface area contributed by atoms with Gasteiger partial charge >= 0.3 is 0 Å². The van der Waals surface area contributed by atoms with Crippen LogP contribution in [0, 0.1) is 0 Å². The van der Waals surface area contributed by atoms with Gasteiger partial charge in [0.1, 0.15) is 5.75 Å². The highest BCUT2D eigenvalue weighted by Crippen LogP contribution is 2.32. The molecule has 1 saturated heterocycles. The van der Waals surface area contributed by atoms with Gasteiger partial charge in [-0.2, -0.15) is 0 Å². The standard InChI is InChI=1S/C16H22ClNO2/c1-4-12-9-13(15(20-3)14(17)10-12)16(19)18-8-6-5-7-11(18)2/h9-11H,4-8H2,1-3H3/t11-/m0/s1. The normalized spacial score (nSPS) is 19.0. The van der Waals surface area contributed by atoms with Gasteiger partial charge in [-0.15, -0.1) is 0 Å². The molecule has 0 N–H and O–H groups in total. The highest BCUT2D eigenvalue weighted by atomic mass is 35.5. The first-order valence-electron chi connectivity index (χ1n) is 7.25. The first-order chi connectivity index (χ1) is 9.58. The van der Waals surface area contributed by atoms with Gasteiger partial charge in [0, 0.05) is 12.6 Å². The number of nitrogens with zero attached hydrogens (tertiary/aromatic N) is 1. The lowest BCUT2D eigenvalue weighted by Crippen LogP contribution is -2.42. The molecule has 2 rings (SSSR count). The Labute approximate surface area is 125 Å². The van der Waals surface area contributed by atoms with Crippen molar-refractivity contribution < 1.29 is 9.53 Å². The van der Waals surface area contributed by atoms with E-state index in [0.29, 0.717) is 16.3 Å². The van der Waals surface area contributed by atoms with Crippen molar-refractivity contribution in [2.75, 3.05) is 13.7 Å². The number of carbonyl (C=O) groups excluding carboxylic acids is 1. The summed E-state index contributed by atoms with van der Waals surface area (Å²) in [4.78, 5) is 14.7. The van der Waals surface area contributed by atoms with Gasteiger partial charge in [0.25, 0.3) is 5.91 Å². The quantitative estimate of drug-likeness (QED) is 0.846. The number of piperidine rings is 1. The Bertz CT molecular complexity index is 501. The van der Waals surface area contributed by atoms with E-state index in [1.807, 2.05) is 17.0 Å². The van der Waals surface area contributed by atoms with E-state index in [0.717, 1.165) is 31.4 Å². The molecule has 20 heavy (non-hydrogen) atoms. The summed E-state index contributed by atoms with van der Waals surface area (Å²) < 4.78 is 5.34. The molecule has 0 aromatic heterocycles. The molecule has 0 saturated carbocycles. The molecule has 0 unspecified atom stereocenters. The molecule has 0 bridgehead atoms. The highest BCUT2D eigenvalue weighted by molar-refractivity contribution is 6.32. The molecule has 1 amide bonds. The lowest BCUT2D eigenvalue weighted by Gasteiger charge is -2.34. The van der Waals surface area contributed by atoms with E-state index in [9.17, 15) is 4.79 Å². The van der Waals surface area contributed by atoms with E-state index in [-0.39, 0.29) is 11.9 Å². The van der Waals surface area contributed by atoms with Crippen LogP contribution in [0.4, 0.5) is 0 Å². The SMILES string of the molecule is CCc1cc(Cl)c(OC)c(C(=O)N2CCCC[C@@H]2C)c1. The summed E-state index contributed by atoms with van der Waals surface area (Å²) in [5, 5.41) is 0.514. The van der Waals surface area contributed by atoms with Gasteiger partial charge in [-0.05, 0) is 50.3 Å². The van der Waals surface area contributed by atoms with Gasteiger partial charge < -0.3 is 9.64 Å². The Hall–Kier alpha value is -1.22. The Morgan fingerprint density at radius 3 is 2.80 bits per heavy atom. The van der Waals surface area contributed by atoms with Crippen LogP contribution in [0.5, 0.6) is 5.75 Å². The number of methoxy groups -OCH3 is 1. The van der Waals surface area contributed by atoms with Gasteiger partial charge in [-0.25, -0.2) is 0 Å². The highest BCUT2D eigenvalue weighted by Gasteiger charge is 2.27. The van der Waals surface area contributed by atoms with Crippen LogP contribution in [-0.2, 0) is 6.42 Å². The molecule has 0 spiro atoms. The lowest BCUT2D eigenvalue weighted by atomic mass is 10.0. The Morgan fingerprint density at radius 1 is 1.45 bits per heavy atom. The maximum Gasteiger partial charge on any atom is 0.257 e. The largest absolute Gasteiger partial charge is 0.494 e. The van der Waals surface area contributed by atoms with Crippen molar-refractivity contribution in [3.05, 3.63) is 28.3 Å². The Morgan fingerprint density at radius 2 is 2.20 bits per heavy atom. The van der Waals surface area contributed by atoms with E-state index in [2.05, 4.69) is 13.8 Å². The fraction of sp³-hybridized carbons (Fsp3) is 0.562. The fourth-order valence-corrected chi connectivity index (χ4v) is 3.09. The van der Waals surface area contributed by atoms with Crippen molar-refractivity contribution in [3.8, 4) is 5.75 Å². The number of carbonyl (C=O) groups is 1. The minimum atomic E-state index is 0.0336. The van der Waals surface area contributed by atoms with Crippen LogP contribution in [-0.4, -0.2) is 30.5 Å². The van der Waals surface area contributed by atoms with E-state index in [4.69, 9.17) is 16.3 Å². The summed E-state index contributed by atoms with van der Waals surface area (Å²) in [6.45, 7) is 4.97. The van der Waals surface area contributed by atoms with Gasteiger partial charge in [0.05, 0.1) is 17.7 Å². The van der Waals surface area contributed by atoms with Crippen molar-refractivity contribution in [2.24, 2.45) is 0 Å². The summed E-state index contributed by atoms with van der Waals surface area (Å²) in [6, 6.07) is 4.07. The number of benzene rings is 1. The van der Waals surface area contributed by atoms with E-state index in [1.54, 1.807) is 7.11 Å². The monoisotopic (exact) mass is 295 g/mol. The number of ether oxygens (including phenoxy) is 1. The van der Waals surface area contributed by atoms with Crippen LogP contribution < -0.4 is 4.74 Å². The van der Waals surface area contributed by atoms with Crippen molar-refractivity contribution >= 4 is 17.5 Å². The van der Waals surface area contributed by atoms with Gasteiger partial charge in [0.15, 0.2) is 0 Å². The molecule has 1 aliphatic rings. The predicted octanol–water partition coefficient (Wildman–Crippen LogP) is 3.93. The summed E-state index contributed by atoms with van der Waals surface area (Å²) in [5.74, 6) is 0.526. The second-order valence-corrected chi connectivity index (χ2v) is 5.76. The zero-order valence-electron chi connectivity index (χ0n) is 12.4. The molecule has 1 aromatic rings. The molecule has 110 valence electrons. The average molecular weight is 296 g/mol. The Kier molecular flexibility index (Phi) is 4.92. The van der Waals surface area contributed by atoms with Gasteiger partial charge in [-0.1, -0.05) is 18.5 Å². The number of hydrogen-bond donors (Lipinski definition) is 0. The molecule has 1 atom stereocenters. The van der Waals surface area contributed by atoms with E-state index in [1.165, 1.54) is 6.42 Å². The van der Waals surface area contributed by atoms with Crippen LogP contribution in [0.2, 0.25) is 5.02 Å². The second-order valence-electron chi connectivity index (χ2n) is 5.36. The van der Waals surface area contributed by atoms with Crippen LogP contribution in [0.15, 0.2) is 12.1 Å². The molecule has 4 heteroatoms.